The van der Waals surface area contributed by atoms with Gasteiger partial charge in [0.15, 0.2) is 17.5 Å². The lowest BCUT2D eigenvalue weighted by molar-refractivity contribution is 0.669. The van der Waals surface area contributed by atoms with Crippen LogP contribution in [0, 0.1) is 0 Å². The van der Waals surface area contributed by atoms with Gasteiger partial charge in [-0.1, -0.05) is 152 Å². The molecule has 0 aliphatic rings. The molecule has 0 fully saturated rings. The van der Waals surface area contributed by atoms with Gasteiger partial charge in [-0.25, -0.2) is 15.0 Å². The van der Waals surface area contributed by atoms with E-state index in [0.717, 1.165) is 60.9 Å². The minimum Gasteiger partial charge on any atom is -0.456 e. The highest BCUT2D eigenvalue weighted by atomic mass is 16.3. The summed E-state index contributed by atoms with van der Waals surface area (Å²) >= 11 is 0. The van der Waals surface area contributed by atoms with E-state index in [0.29, 0.717) is 17.5 Å². The highest BCUT2D eigenvalue weighted by molar-refractivity contribution is 6.13. The first-order valence-electron chi connectivity index (χ1n) is 16.4. The Kier molecular flexibility index (Phi) is 7.10. The molecule has 0 amide bonds. The third-order valence-electron chi connectivity index (χ3n) is 8.95. The molecule has 0 radical (unpaired) electrons. The van der Waals surface area contributed by atoms with Crippen LogP contribution in [0.5, 0.6) is 0 Å². The van der Waals surface area contributed by atoms with Gasteiger partial charge in [-0.2, -0.15) is 0 Å². The van der Waals surface area contributed by atoms with Crippen LogP contribution in [0.2, 0.25) is 0 Å². The van der Waals surface area contributed by atoms with Crippen molar-refractivity contribution in [2.24, 2.45) is 0 Å². The van der Waals surface area contributed by atoms with Crippen molar-refractivity contribution < 1.29 is 4.42 Å². The normalized spacial score (nSPS) is 11.3. The Hall–Kier alpha value is -6.65. The Morgan fingerprint density at radius 3 is 1.47 bits per heavy atom. The molecule has 0 spiro atoms. The molecule has 9 aromatic rings. The number of hydrogen-bond acceptors (Lipinski definition) is 4. The van der Waals surface area contributed by atoms with Crippen LogP contribution in [0.25, 0.3) is 89.5 Å². The fourth-order valence-corrected chi connectivity index (χ4v) is 6.49. The van der Waals surface area contributed by atoms with Gasteiger partial charge in [-0.05, 0) is 57.6 Å². The zero-order valence-electron chi connectivity index (χ0n) is 26.5. The first kappa shape index (κ1) is 28.6. The second kappa shape index (κ2) is 12.2. The van der Waals surface area contributed by atoms with Crippen molar-refractivity contribution in [3.63, 3.8) is 0 Å². The van der Waals surface area contributed by atoms with E-state index in [1.165, 1.54) is 11.1 Å². The number of benzene rings is 7. The molecule has 0 aliphatic carbocycles. The molecular weight excluding hydrogens is 599 g/mol. The molecule has 0 aliphatic heterocycles. The molecule has 0 atom stereocenters. The third kappa shape index (κ3) is 5.45. The van der Waals surface area contributed by atoms with Crippen LogP contribution in [0.1, 0.15) is 0 Å². The van der Waals surface area contributed by atoms with Crippen molar-refractivity contribution in [1.82, 2.24) is 15.0 Å². The van der Waals surface area contributed by atoms with Gasteiger partial charge in [-0.15, -0.1) is 0 Å². The fourth-order valence-electron chi connectivity index (χ4n) is 6.49. The first-order valence-corrected chi connectivity index (χ1v) is 16.4. The predicted octanol–water partition coefficient (Wildman–Crippen LogP) is 11.8. The highest BCUT2D eigenvalue weighted by Gasteiger charge is 2.15. The molecule has 4 heteroatoms. The van der Waals surface area contributed by atoms with Crippen LogP contribution in [-0.4, -0.2) is 15.0 Å². The van der Waals surface area contributed by atoms with Crippen molar-refractivity contribution in [2.75, 3.05) is 0 Å². The van der Waals surface area contributed by atoms with Crippen LogP contribution >= 0.6 is 0 Å². The Morgan fingerprint density at radius 2 is 0.776 bits per heavy atom. The molecule has 49 heavy (non-hydrogen) atoms. The quantitative estimate of drug-likeness (QED) is 0.184. The second-order valence-corrected chi connectivity index (χ2v) is 12.1. The maximum atomic E-state index is 6.39. The summed E-state index contributed by atoms with van der Waals surface area (Å²) in [5.74, 6) is 1.90. The summed E-state index contributed by atoms with van der Waals surface area (Å²) in [7, 11) is 0. The molecule has 9 rings (SSSR count). The van der Waals surface area contributed by atoms with Crippen molar-refractivity contribution in [1.29, 1.82) is 0 Å². The van der Waals surface area contributed by atoms with E-state index in [-0.39, 0.29) is 0 Å². The Bertz CT molecular complexity index is 2580. The molecule has 0 N–H and O–H groups in total. The number of rotatable bonds is 6. The maximum Gasteiger partial charge on any atom is 0.164 e. The van der Waals surface area contributed by atoms with Crippen molar-refractivity contribution in [2.45, 2.75) is 0 Å². The molecule has 2 aromatic heterocycles. The van der Waals surface area contributed by atoms with E-state index in [9.17, 15) is 0 Å². The van der Waals surface area contributed by atoms with Crippen molar-refractivity contribution >= 4 is 21.9 Å². The molecule has 0 saturated heterocycles. The highest BCUT2D eigenvalue weighted by Crippen LogP contribution is 2.38. The Morgan fingerprint density at radius 1 is 0.306 bits per heavy atom. The van der Waals surface area contributed by atoms with E-state index in [1.807, 2.05) is 48.5 Å². The third-order valence-corrected chi connectivity index (χ3v) is 8.95. The van der Waals surface area contributed by atoms with Gasteiger partial charge in [-0.3, -0.25) is 0 Å². The van der Waals surface area contributed by atoms with Crippen molar-refractivity contribution in [3.8, 4) is 67.5 Å². The number of nitrogens with zero attached hydrogens (tertiary/aromatic N) is 3. The Balaban J connectivity index is 1.09. The van der Waals surface area contributed by atoms with Gasteiger partial charge in [0.1, 0.15) is 11.2 Å². The summed E-state index contributed by atoms with van der Waals surface area (Å²) in [6.07, 6.45) is 0. The average Bonchev–Trinajstić information content (AvgIpc) is 3.57. The lowest BCUT2D eigenvalue weighted by atomic mass is 9.98. The van der Waals surface area contributed by atoms with Gasteiger partial charge < -0.3 is 4.42 Å². The molecule has 0 unspecified atom stereocenters. The van der Waals surface area contributed by atoms with Gasteiger partial charge in [0, 0.05) is 27.5 Å². The van der Waals surface area contributed by atoms with Crippen LogP contribution in [-0.2, 0) is 0 Å². The summed E-state index contributed by atoms with van der Waals surface area (Å²) in [6.45, 7) is 0. The van der Waals surface area contributed by atoms with Crippen LogP contribution in [0.4, 0.5) is 0 Å². The van der Waals surface area contributed by atoms with E-state index in [4.69, 9.17) is 19.4 Å². The summed E-state index contributed by atoms with van der Waals surface area (Å²) in [5.41, 5.74) is 11.3. The smallest absolute Gasteiger partial charge is 0.164 e. The predicted molar refractivity (Wildman–Crippen MR) is 200 cm³/mol. The van der Waals surface area contributed by atoms with Gasteiger partial charge in [0.2, 0.25) is 0 Å². The number of fused-ring (bicyclic) bond motifs is 3. The zero-order valence-corrected chi connectivity index (χ0v) is 26.5. The molecule has 2 heterocycles. The molecule has 4 nitrogen and oxygen atoms in total. The maximum absolute atomic E-state index is 6.39. The summed E-state index contributed by atoms with van der Waals surface area (Å²) in [6, 6.07) is 60.4. The van der Waals surface area contributed by atoms with E-state index in [2.05, 4.69) is 127 Å². The number of aromatic nitrogens is 3. The van der Waals surface area contributed by atoms with Crippen LogP contribution in [0.3, 0.4) is 0 Å². The van der Waals surface area contributed by atoms with E-state index < -0.39 is 0 Å². The molecule has 0 saturated carbocycles. The lowest BCUT2D eigenvalue weighted by Crippen LogP contribution is -2.00. The summed E-state index contributed by atoms with van der Waals surface area (Å²) in [5, 5.41) is 2.25. The van der Waals surface area contributed by atoms with E-state index in [1.54, 1.807) is 0 Å². The van der Waals surface area contributed by atoms with Gasteiger partial charge in [0.05, 0.1) is 0 Å². The summed E-state index contributed by atoms with van der Waals surface area (Å²) in [4.78, 5) is 14.9. The average molecular weight is 628 g/mol. The first-order chi connectivity index (χ1) is 24.3. The molecule has 7 aromatic carbocycles. The largest absolute Gasteiger partial charge is 0.456 e. The zero-order chi connectivity index (χ0) is 32.6. The van der Waals surface area contributed by atoms with Gasteiger partial charge >= 0.3 is 0 Å². The molecule has 0 bridgehead atoms. The molecular formula is C45H29N3O. The number of furan rings is 1. The molecule has 230 valence electrons. The van der Waals surface area contributed by atoms with Crippen molar-refractivity contribution in [3.05, 3.63) is 176 Å². The summed E-state index contributed by atoms with van der Waals surface area (Å²) < 4.78 is 6.39. The number of hydrogen-bond donors (Lipinski definition) is 0. The van der Waals surface area contributed by atoms with E-state index >= 15 is 0 Å². The van der Waals surface area contributed by atoms with Crippen LogP contribution < -0.4 is 0 Å². The Labute approximate surface area is 284 Å². The van der Waals surface area contributed by atoms with Gasteiger partial charge in [0.25, 0.3) is 0 Å². The topological polar surface area (TPSA) is 51.8 Å². The standard InChI is InChI=1S/C45H29N3O/c1-4-12-30(13-5-1)35-18-10-19-37(28-35)45-47-43(33-16-8-3-9-17-33)46-44(48-45)34-24-22-31(23-25-34)36-26-27-39-41(29-36)49-40-21-11-20-38(42(39)40)32-14-6-2-7-15-32/h1-29H. The lowest BCUT2D eigenvalue weighted by Gasteiger charge is -2.10. The monoisotopic (exact) mass is 627 g/mol. The van der Waals surface area contributed by atoms with Crippen LogP contribution in [0.15, 0.2) is 180 Å². The fraction of sp³-hybridized carbons (Fsp3) is 0. The minimum atomic E-state index is 0.627. The minimum absolute atomic E-state index is 0.627. The SMILES string of the molecule is c1ccc(-c2cccc(-c3nc(-c4ccccc4)nc(-c4ccc(-c5ccc6c(c5)oc5cccc(-c7ccccc7)c56)cc4)n3)c2)cc1. The second-order valence-electron chi connectivity index (χ2n) is 12.1.